The summed E-state index contributed by atoms with van der Waals surface area (Å²) in [5.41, 5.74) is 0.900. The molecular formula is C12H16N2O3. The first-order chi connectivity index (χ1) is 8.16. The predicted octanol–water partition coefficient (Wildman–Crippen LogP) is 2.03. The lowest BCUT2D eigenvalue weighted by Gasteiger charge is -2.07. The highest BCUT2D eigenvalue weighted by Crippen LogP contribution is 2.27. The van der Waals surface area contributed by atoms with Gasteiger partial charge in [-0.25, -0.2) is 0 Å². The third kappa shape index (κ3) is 3.42. The molecule has 0 atom stereocenters. The zero-order valence-electron chi connectivity index (χ0n) is 9.81. The molecule has 92 valence electrons. The topological polar surface area (TPSA) is 64.4 Å². The number of benzene rings is 1. The summed E-state index contributed by atoms with van der Waals surface area (Å²) in [6.45, 7) is 3.02. The first kappa shape index (κ1) is 11.9. The molecule has 1 aliphatic rings. The fourth-order valence-electron chi connectivity index (χ4n) is 1.60. The van der Waals surface area contributed by atoms with Crippen LogP contribution >= 0.6 is 0 Å². The van der Waals surface area contributed by atoms with Crippen LogP contribution in [0.1, 0.15) is 18.4 Å². The number of nitro groups is 1. The summed E-state index contributed by atoms with van der Waals surface area (Å²) in [6, 6.07) is 5.64. The van der Waals surface area contributed by atoms with Crippen LogP contribution in [0, 0.1) is 17.0 Å². The Morgan fingerprint density at radius 3 is 2.94 bits per heavy atom. The van der Waals surface area contributed by atoms with E-state index < -0.39 is 4.92 Å². The van der Waals surface area contributed by atoms with Crippen LogP contribution < -0.4 is 10.1 Å². The lowest BCUT2D eigenvalue weighted by atomic mass is 10.2. The first-order valence-electron chi connectivity index (χ1n) is 5.78. The molecule has 5 heteroatoms. The summed E-state index contributed by atoms with van der Waals surface area (Å²) < 4.78 is 5.43. The van der Waals surface area contributed by atoms with Crippen LogP contribution in [-0.2, 0) is 0 Å². The Morgan fingerprint density at radius 1 is 1.53 bits per heavy atom. The van der Waals surface area contributed by atoms with Crippen molar-refractivity contribution >= 4 is 5.69 Å². The Bertz CT molecular complexity index is 416. The van der Waals surface area contributed by atoms with E-state index in [1.165, 1.54) is 18.9 Å². The molecule has 0 aliphatic heterocycles. The van der Waals surface area contributed by atoms with Gasteiger partial charge in [-0.15, -0.1) is 0 Å². The van der Waals surface area contributed by atoms with E-state index in [0.29, 0.717) is 18.4 Å². The number of nitrogens with zero attached hydrogens (tertiary/aromatic N) is 1. The zero-order chi connectivity index (χ0) is 12.3. The van der Waals surface area contributed by atoms with E-state index in [0.717, 1.165) is 12.1 Å². The van der Waals surface area contributed by atoms with Crippen LogP contribution in [0.5, 0.6) is 5.75 Å². The monoisotopic (exact) mass is 236 g/mol. The van der Waals surface area contributed by atoms with Gasteiger partial charge in [-0.05, 0) is 31.4 Å². The third-order valence-electron chi connectivity index (χ3n) is 2.68. The van der Waals surface area contributed by atoms with E-state index in [1.54, 1.807) is 6.07 Å². The highest BCUT2D eigenvalue weighted by atomic mass is 16.6. The number of nitro benzene ring substituents is 1. The molecule has 0 heterocycles. The molecule has 0 amide bonds. The summed E-state index contributed by atoms with van der Waals surface area (Å²) in [5.74, 6) is 0.346. The number of aryl methyl sites for hydroxylation is 1. The van der Waals surface area contributed by atoms with Crippen molar-refractivity contribution < 1.29 is 9.66 Å². The van der Waals surface area contributed by atoms with Gasteiger partial charge in [-0.2, -0.15) is 0 Å². The minimum atomic E-state index is -0.406. The molecule has 1 aliphatic carbocycles. The second-order valence-electron chi connectivity index (χ2n) is 4.31. The van der Waals surface area contributed by atoms with Crippen molar-refractivity contribution in [3.05, 3.63) is 33.9 Å². The minimum Gasteiger partial charge on any atom is -0.485 e. The van der Waals surface area contributed by atoms with E-state index >= 15 is 0 Å². The van der Waals surface area contributed by atoms with Crippen LogP contribution in [-0.4, -0.2) is 24.1 Å². The van der Waals surface area contributed by atoms with Gasteiger partial charge in [-0.3, -0.25) is 10.1 Å². The highest BCUT2D eigenvalue weighted by Gasteiger charge is 2.20. The predicted molar refractivity (Wildman–Crippen MR) is 64.4 cm³/mol. The van der Waals surface area contributed by atoms with Crippen molar-refractivity contribution in [2.75, 3.05) is 13.2 Å². The van der Waals surface area contributed by atoms with Gasteiger partial charge in [-0.1, -0.05) is 6.07 Å². The molecule has 1 aromatic carbocycles. The van der Waals surface area contributed by atoms with Gasteiger partial charge in [0.1, 0.15) is 6.61 Å². The molecule has 5 nitrogen and oxygen atoms in total. The van der Waals surface area contributed by atoms with Gasteiger partial charge in [0.05, 0.1) is 4.92 Å². The van der Waals surface area contributed by atoms with E-state index in [1.807, 2.05) is 13.0 Å². The molecule has 1 saturated carbocycles. The molecule has 0 saturated heterocycles. The van der Waals surface area contributed by atoms with Gasteiger partial charge in [0.15, 0.2) is 5.75 Å². The summed E-state index contributed by atoms with van der Waals surface area (Å²) in [5, 5.41) is 14.1. The number of rotatable bonds is 6. The Hall–Kier alpha value is -1.62. The second-order valence-corrected chi connectivity index (χ2v) is 4.31. The normalized spacial score (nSPS) is 14.6. The molecule has 0 bridgehead atoms. The maximum Gasteiger partial charge on any atom is 0.311 e. The quantitative estimate of drug-likeness (QED) is 0.466. The molecule has 0 unspecified atom stereocenters. The molecule has 1 aromatic rings. The van der Waals surface area contributed by atoms with Crippen LogP contribution in [0.4, 0.5) is 5.69 Å². The second kappa shape index (κ2) is 5.14. The lowest BCUT2D eigenvalue weighted by molar-refractivity contribution is -0.385. The molecule has 17 heavy (non-hydrogen) atoms. The van der Waals surface area contributed by atoms with E-state index in [4.69, 9.17) is 4.74 Å². The van der Waals surface area contributed by atoms with Crippen LogP contribution in [0.3, 0.4) is 0 Å². The summed E-state index contributed by atoms with van der Waals surface area (Å²) in [4.78, 5) is 10.4. The van der Waals surface area contributed by atoms with Crippen molar-refractivity contribution in [1.82, 2.24) is 5.32 Å². The number of hydrogen-bond acceptors (Lipinski definition) is 4. The molecular weight excluding hydrogens is 220 g/mol. The Labute approximate surface area is 99.9 Å². The molecule has 2 rings (SSSR count). The zero-order valence-corrected chi connectivity index (χ0v) is 9.81. The third-order valence-corrected chi connectivity index (χ3v) is 2.68. The summed E-state index contributed by atoms with van der Waals surface area (Å²) in [7, 11) is 0. The molecule has 1 fully saturated rings. The maximum atomic E-state index is 10.8. The number of ether oxygens (including phenoxy) is 1. The summed E-state index contributed by atoms with van der Waals surface area (Å²) >= 11 is 0. The fourth-order valence-corrected chi connectivity index (χ4v) is 1.60. The van der Waals surface area contributed by atoms with Crippen molar-refractivity contribution in [2.24, 2.45) is 0 Å². The highest BCUT2D eigenvalue weighted by molar-refractivity contribution is 5.48. The van der Waals surface area contributed by atoms with Gasteiger partial charge < -0.3 is 10.1 Å². The number of nitrogens with one attached hydrogen (secondary N) is 1. The van der Waals surface area contributed by atoms with Crippen LogP contribution in [0.15, 0.2) is 18.2 Å². The summed E-state index contributed by atoms with van der Waals surface area (Å²) in [6.07, 6.45) is 2.45. The Morgan fingerprint density at radius 2 is 2.29 bits per heavy atom. The van der Waals surface area contributed by atoms with Crippen LogP contribution in [0.2, 0.25) is 0 Å². The van der Waals surface area contributed by atoms with Crippen molar-refractivity contribution in [3.63, 3.8) is 0 Å². The molecule has 0 radical (unpaired) electrons. The SMILES string of the molecule is Cc1ccc(OCCNC2CC2)c([N+](=O)[O-])c1. The maximum absolute atomic E-state index is 10.8. The smallest absolute Gasteiger partial charge is 0.311 e. The van der Waals surface area contributed by atoms with Crippen LogP contribution in [0.25, 0.3) is 0 Å². The fraction of sp³-hybridized carbons (Fsp3) is 0.500. The Kier molecular flexibility index (Phi) is 3.58. The largest absolute Gasteiger partial charge is 0.485 e. The molecule has 1 N–H and O–H groups in total. The first-order valence-corrected chi connectivity index (χ1v) is 5.78. The van der Waals surface area contributed by atoms with E-state index in [-0.39, 0.29) is 5.69 Å². The Balaban J connectivity index is 1.91. The van der Waals surface area contributed by atoms with Crippen molar-refractivity contribution in [3.8, 4) is 5.75 Å². The van der Waals surface area contributed by atoms with Crippen molar-refractivity contribution in [1.29, 1.82) is 0 Å². The average Bonchev–Trinajstić information content (AvgIpc) is 3.09. The molecule has 0 aromatic heterocycles. The minimum absolute atomic E-state index is 0.0384. The van der Waals surface area contributed by atoms with E-state index in [2.05, 4.69) is 5.32 Å². The standard InChI is InChI=1S/C12H16N2O3/c1-9-2-5-12(11(8-9)14(15)16)17-7-6-13-10-3-4-10/h2,5,8,10,13H,3-4,6-7H2,1H3. The van der Waals surface area contributed by atoms with Gasteiger partial charge >= 0.3 is 5.69 Å². The average molecular weight is 236 g/mol. The lowest BCUT2D eigenvalue weighted by Crippen LogP contribution is -2.23. The number of hydrogen-bond donors (Lipinski definition) is 1. The molecule has 0 spiro atoms. The van der Waals surface area contributed by atoms with E-state index in [9.17, 15) is 10.1 Å². The van der Waals surface area contributed by atoms with Gasteiger partial charge in [0.25, 0.3) is 0 Å². The van der Waals surface area contributed by atoms with Crippen molar-refractivity contribution in [2.45, 2.75) is 25.8 Å². The van der Waals surface area contributed by atoms with Gasteiger partial charge in [0, 0.05) is 18.7 Å². The van der Waals surface area contributed by atoms with Gasteiger partial charge in [0.2, 0.25) is 0 Å².